The maximum absolute atomic E-state index is 13.1. The van der Waals surface area contributed by atoms with Crippen LogP contribution in [0, 0.1) is 5.92 Å². The summed E-state index contributed by atoms with van der Waals surface area (Å²) in [5.74, 6) is 0.841. The van der Waals surface area contributed by atoms with Crippen molar-refractivity contribution >= 4 is 5.91 Å². The van der Waals surface area contributed by atoms with Gasteiger partial charge < -0.3 is 15.1 Å². The number of rotatable bonds is 8. The van der Waals surface area contributed by atoms with Crippen LogP contribution in [0.15, 0.2) is 0 Å². The van der Waals surface area contributed by atoms with Crippen molar-refractivity contribution in [1.29, 1.82) is 0 Å². The maximum atomic E-state index is 13.1. The van der Waals surface area contributed by atoms with Crippen molar-refractivity contribution in [3.63, 3.8) is 0 Å². The van der Waals surface area contributed by atoms with Crippen LogP contribution in [0.25, 0.3) is 0 Å². The molecule has 1 aliphatic rings. The van der Waals surface area contributed by atoms with Crippen LogP contribution < -0.4 is 5.32 Å². The molecular formula is C16H33N3O. The summed E-state index contributed by atoms with van der Waals surface area (Å²) in [7, 11) is 4.13. The van der Waals surface area contributed by atoms with Crippen LogP contribution in [-0.2, 0) is 4.79 Å². The van der Waals surface area contributed by atoms with Crippen molar-refractivity contribution in [2.24, 2.45) is 5.92 Å². The number of likely N-dealkylation sites (N-methyl/N-ethyl adjacent to an activating group) is 1. The normalized spacial score (nSPS) is 22.8. The Kier molecular flexibility index (Phi) is 6.96. The van der Waals surface area contributed by atoms with Gasteiger partial charge in [-0.05, 0) is 45.8 Å². The van der Waals surface area contributed by atoms with E-state index in [2.05, 4.69) is 50.0 Å². The molecule has 4 nitrogen and oxygen atoms in total. The lowest BCUT2D eigenvalue weighted by atomic mass is 9.90. The minimum absolute atomic E-state index is 0.282. The Morgan fingerprint density at radius 2 is 2.00 bits per heavy atom. The number of hydrogen-bond acceptors (Lipinski definition) is 3. The van der Waals surface area contributed by atoms with Crippen molar-refractivity contribution in [3.05, 3.63) is 0 Å². The molecule has 0 aromatic rings. The molecule has 0 aromatic heterocycles. The molecule has 0 bridgehead atoms. The van der Waals surface area contributed by atoms with Gasteiger partial charge >= 0.3 is 0 Å². The molecule has 1 heterocycles. The number of nitrogens with zero attached hydrogens (tertiary/aromatic N) is 2. The number of carbonyl (C=O) groups excluding carboxylic acids is 1. The Labute approximate surface area is 124 Å². The molecule has 1 fully saturated rings. The largest absolute Gasteiger partial charge is 0.340 e. The zero-order valence-corrected chi connectivity index (χ0v) is 14.0. The van der Waals surface area contributed by atoms with Crippen LogP contribution in [0.5, 0.6) is 0 Å². The van der Waals surface area contributed by atoms with Crippen LogP contribution in [0.3, 0.4) is 0 Å². The van der Waals surface area contributed by atoms with Crippen LogP contribution in [-0.4, -0.2) is 61.5 Å². The molecule has 1 saturated heterocycles. The Morgan fingerprint density at radius 1 is 1.30 bits per heavy atom. The first-order valence-corrected chi connectivity index (χ1v) is 8.10. The number of hydrogen-bond donors (Lipinski definition) is 1. The predicted octanol–water partition coefficient (Wildman–Crippen LogP) is 1.95. The zero-order valence-electron chi connectivity index (χ0n) is 14.0. The molecule has 1 rings (SSSR count). The molecule has 0 aromatic carbocycles. The van der Waals surface area contributed by atoms with E-state index in [9.17, 15) is 4.79 Å². The third-order valence-electron chi connectivity index (χ3n) is 4.02. The molecule has 1 unspecified atom stereocenters. The number of nitrogens with one attached hydrogen (secondary N) is 1. The average Bonchev–Trinajstić information content (AvgIpc) is 2.83. The van der Waals surface area contributed by atoms with E-state index in [0.717, 1.165) is 51.9 Å². The monoisotopic (exact) mass is 283 g/mol. The summed E-state index contributed by atoms with van der Waals surface area (Å²) in [6, 6.07) is 0. The summed E-state index contributed by atoms with van der Waals surface area (Å²) >= 11 is 0. The lowest BCUT2D eigenvalue weighted by Gasteiger charge is -2.36. The van der Waals surface area contributed by atoms with Crippen molar-refractivity contribution < 1.29 is 4.79 Å². The molecule has 0 saturated carbocycles. The third kappa shape index (κ3) is 4.74. The molecule has 1 amide bonds. The number of carbonyl (C=O) groups is 1. The SMILES string of the molecule is CCCC1(C(=O)N(CCN(C)C)CC(C)C)CCCN1. The lowest BCUT2D eigenvalue weighted by molar-refractivity contribution is -0.139. The second kappa shape index (κ2) is 7.99. The smallest absolute Gasteiger partial charge is 0.242 e. The summed E-state index contributed by atoms with van der Waals surface area (Å²) in [5, 5.41) is 3.51. The summed E-state index contributed by atoms with van der Waals surface area (Å²) in [6.07, 6.45) is 4.13. The van der Waals surface area contributed by atoms with E-state index < -0.39 is 0 Å². The highest BCUT2D eigenvalue weighted by molar-refractivity contribution is 5.86. The van der Waals surface area contributed by atoms with Gasteiger partial charge in [-0.3, -0.25) is 4.79 Å². The standard InChI is InChI=1S/C16H33N3O/c1-6-8-16(9-7-10-17-16)15(20)19(13-14(2)3)12-11-18(4)5/h14,17H,6-13H2,1-5H3. The van der Waals surface area contributed by atoms with Gasteiger partial charge in [0.15, 0.2) is 0 Å². The molecule has 0 aliphatic carbocycles. The van der Waals surface area contributed by atoms with E-state index >= 15 is 0 Å². The highest BCUT2D eigenvalue weighted by Crippen LogP contribution is 2.27. The third-order valence-corrected chi connectivity index (χ3v) is 4.02. The summed E-state index contributed by atoms with van der Waals surface area (Å²) in [5.41, 5.74) is -0.282. The zero-order chi connectivity index (χ0) is 15.2. The Bertz CT molecular complexity index is 296. The Balaban J connectivity index is 2.78. The van der Waals surface area contributed by atoms with Crippen LogP contribution in [0.2, 0.25) is 0 Å². The van der Waals surface area contributed by atoms with Gasteiger partial charge in [-0.25, -0.2) is 0 Å². The molecule has 4 heteroatoms. The lowest BCUT2D eigenvalue weighted by Crippen LogP contribution is -2.56. The molecule has 1 atom stereocenters. The summed E-state index contributed by atoms with van der Waals surface area (Å²) < 4.78 is 0. The van der Waals surface area contributed by atoms with Crippen molar-refractivity contribution in [2.45, 2.75) is 52.0 Å². The first kappa shape index (κ1) is 17.4. The fraction of sp³-hybridized carbons (Fsp3) is 0.938. The molecule has 20 heavy (non-hydrogen) atoms. The number of amides is 1. The van der Waals surface area contributed by atoms with E-state index in [4.69, 9.17) is 0 Å². The topological polar surface area (TPSA) is 35.6 Å². The molecule has 0 spiro atoms. The molecule has 0 radical (unpaired) electrons. The van der Waals surface area contributed by atoms with Crippen LogP contribution in [0.4, 0.5) is 0 Å². The van der Waals surface area contributed by atoms with Crippen LogP contribution in [0.1, 0.15) is 46.5 Å². The van der Waals surface area contributed by atoms with E-state index in [1.807, 2.05) is 0 Å². The summed E-state index contributed by atoms with van der Waals surface area (Å²) in [4.78, 5) is 17.3. The highest BCUT2D eigenvalue weighted by Gasteiger charge is 2.42. The van der Waals surface area contributed by atoms with Crippen LogP contribution >= 0.6 is 0 Å². The molecule has 118 valence electrons. The van der Waals surface area contributed by atoms with Gasteiger partial charge in [-0.2, -0.15) is 0 Å². The Morgan fingerprint density at radius 3 is 2.45 bits per heavy atom. The van der Waals surface area contributed by atoms with Gasteiger partial charge in [0.05, 0.1) is 5.54 Å². The van der Waals surface area contributed by atoms with Gasteiger partial charge in [-0.1, -0.05) is 27.2 Å². The minimum atomic E-state index is -0.282. The average molecular weight is 283 g/mol. The van der Waals surface area contributed by atoms with Gasteiger partial charge in [0, 0.05) is 19.6 Å². The summed E-state index contributed by atoms with van der Waals surface area (Å²) in [6.45, 7) is 10.1. The first-order chi connectivity index (χ1) is 9.41. The van der Waals surface area contributed by atoms with E-state index in [0.29, 0.717) is 11.8 Å². The van der Waals surface area contributed by atoms with Crippen molar-refractivity contribution in [1.82, 2.24) is 15.1 Å². The molecular weight excluding hydrogens is 250 g/mol. The quantitative estimate of drug-likeness (QED) is 0.739. The minimum Gasteiger partial charge on any atom is -0.340 e. The maximum Gasteiger partial charge on any atom is 0.242 e. The molecule has 1 N–H and O–H groups in total. The highest BCUT2D eigenvalue weighted by atomic mass is 16.2. The fourth-order valence-electron chi connectivity index (χ4n) is 3.08. The molecule has 1 aliphatic heterocycles. The van der Waals surface area contributed by atoms with Gasteiger partial charge in [0.25, 0.3) is 0 Å². The van der Waals surface area contributed by atoms with E-state index in [-0.39, 0.29) is 5.54 Å². The van der Waals surface area contributed by atoms with E-state index in [1.54, 1.807) is 0 Å². The Hall–Kier alpha value is -0.610. The van der Waals surface area contributed by atoms with Gasteiger partial charge in [0.1, 0.15) is 0 Å². The van der Waals surface area contributed by atoms with Gasteiger partial charge in [0.2, 0.25) is 5.91 Å². The van der Waals surface area contributed by atoms with Crippen molar-refractivity contribution in [2.75, 3.05) is 40.3 Å². The second-order valence-corrected chi connectivity index (χ2v) is 6.81. The van der Waals surface area contributed by atoms with Gasteiger partial charge in [-0.15, -0.1) is 0 Å². The first-order valence-electron chi connectivity index (χ1n) is 8.10. The van der Waals surface area contributed by atoms with E-state index in [1.165, 1.54) is 0 Å². The predicted molar refractivity (Wildman–Crippen MR) is 84.8 cm³/mol. The van der Waals surface area contributed by atoms with Crippen molar-refractivity contribution in [3.8, 4) is 0 Å². The second-order valence-electron chi connectivity index (χ2n) is 6.81. The fourth-order valence-corrected chi connectivity index (χ4v) is 3.08.